The summed E-state index contributed by atoms with van der Waals surface area (Å²) in [6.45, 7) is 0. The Bertz CT molecular complexity index is 973. The summed E-state index contributed by atoms with van der Waals surface area (Å²) in [5, 5.41) is 9.31. The quantitative estimate of drug-likeness (QED) is 0.554. The number of para-hydroxylation sites is 1. The van der Waals surface area contributed by atoms with Crippen molar-refractivity contribution in [3.05, 3.63) is 59.2 Å². The molecule has 0 heterocycles. The van der Waals surface area contributed by atoms with Crippen LogP contribution in [0.4, 0.5) is 0 Å². The Morgan fingerprint density at radius 2 is 1.57 bits per heavy atom. The van der Waals surface area contributed by atoms with Crippen molar-refractivity contribution < 1.29 is 24.2 Å². The molecular weight excluding hydrogens is 380 g/mol. The van der Waals surface area contributed by atoms with Gasteiger partial charge < -0.3 is 14.6 Å². The number of carbonyl (C=O) groups is 2. The van der Waals surface area contributed by atoms with Crippen molar-refractivity contribution in [2.24, 2.45) is 17.8 Å². The van der Waals surface area contributed by atoms with E-state index in [1.54, 1.807) is 31.4 Å². The Hall–Kier alpha value is -2.82. The van der Waals surface area contributed by atoms with E-state index in [0.29, 0.717) is 5.56 Å². The van der Waals surface area contributed by atoms with Crippen LogP contribution in [0.3, 0.4) is 0 Å². The number of esters is 1. The van der Waals surface area contributed by atoms with Crippen molar-refractivity contribution in [2.75, 3.05) is 7.11 Å². The van der Waals surface area contributed by atoms with Gasteiger partial charge in [0, 0.05) is 5.56 Å². The first-order chi connectivity index (χ1) is 14.5. The lowest BCUT2D eigenvalue weighted by Gasteiger charge is -2.57. The van der Waals surface area contributed by atoms with Crippen LogP contribution in [-0.2, 0) is 5.41 Å². The van der Waals surface area contributed by atoms with Crippen LogP contribution in [-0.4, -0.2) is 24.2 Å². The third kappa shape index (κ3) is 3.17. The van der Waals surface area contributed by atoms with Crippen molar-refractivity contribution in [1.82, 2.24) is 0 Å². The van der Waals surface area contributed by atoms with Crippen LogP contribution in [0.25, 0.3) is 0 Å². The number of methoxy groups -OCH3 is 1. The third-order valence-electron chi connectivity index (χ3n) is 7.37. The van der Waals surface area contributed by atoms with E-state index in [1.165, 1.54) is 56.2 Å². The second-order valence-corrected chi connectivity index (χ2v) is 9.30. The molecule has 4 saturated carbocycles. The first-order valence-corrected chi connectivity index (χ1v) is 10.7. The number of hydrogen-bond acceptors (Lipinski definition) is 4. The summed E-state index contributed by atoms with van der Waals surface area (Å²) < 4.78 is 11.1. The zero-order valence-corrected chi connectivity index (χ0v) is 17.1. The van der Waals surface area contributed by atoms with Gasteiger partial charge in [0.1, 0.15) is 17.1 Å². The summed E-state index contributed by atoms with van der Waals surface area (Å²) in [5.41, 5.74) is 1.70. The normalized spacial score (nSPS) is 28.9. The van der Waals surface area contributed by atoms with E-state index in [2.05, 4.69) is 0 Å². The zero-order valence-electron chi connectivity index (χ0n) is 17.1. The molecule has 0 amide bonds. The lowest BCUT2D eigenvalue weighted by Crippen LogP contribution is -2.48. The predicted octanol–water partition coefficient (Wildman–Crippen LogP) is 5.08. The van der Waals surface area contributed by atoms with Crippen LogP contribution in [0, 0.1) is 17.8 Å². The van der Waals surface area contributed by atoms with Crippen molar-refractivity contribution in [1.29, 1.82) is 0 Å². The maximum absolute atomic E-state index is 12.7. The first kappa shape index (κ1) is 19.2. The smallest absolute Gasteiger partial charge is 0.343 e. The van der Waals surface area contributed by atoms with Crippen LogP contribution in [0.15, 0.2) is 42.5 Å². The average molecular weight is 406 g/mol. The molecule has 0 aromatic heterocycles. The standard InChI is InChI=1S/C25H26O5/c1-29-22-11-18(24(28)30-21-5-3-2-4-19(21)23(26)27)6-7-20(22)25-12-15-8-16(13-25)10-17(9-15)14-25/h2-7,11,15-17H,8-10,12-14H2,1H3,(H,26,27). The number of carboxylic acids is 1. The summed E-state index contributed by atoms with van der Waals surface area (Å²) >= 11 is 0. The van der Waals surface area contributed by atoms with Crippen molar-refractivity contribution in [2.45, 2.75) is 43.9 Å². The van der Waals surface area contributed by atoms with Gasteiger partial charge in [0.2, 0.25) is 0 Å². The maximum Gasteiger partial charge on any atom is 0.343 e. The molecule has 5 heteroatoms. The molecular formula is C25H26O5. The fourth-order valence-corrected chi connectivity index (χ4v) is 6.59. The molecule has 2 aromatic rings. The third-order valence-corrected chi connectivity index (χ3v) is 7.37. The highest BCUT2D eigenvalue weighted by molar-refractivity contribution is 5.95. The van der Waals surface area contributed by atoms with Crippen LogP contribution in [0.2, 0.25) is 0 Å². The van der Waals surface area contributed by atoms with E-state index in [4.69, 9.17) is 9.47 Å². The average Bonchev–Trinajstić information content (AvgIpc) is 2.72. The molecule has 0 aliphatic heterocycles. The highest BCUT2D eigenvalue weighted by atomic mass is 16.5. The van der Waals surface area contributed by atoms with Crippen LogP contribution in [0.5, 0.6) is 11.5 Å². The van der Waals surface area contributed by atoms with Gasteiger partial charge in [0.05, 0.1) is 12.7 Å². The molecule has 156 valence electrons. The molecule has 2 aromatic carbocycles. The van der Waals surface area contributed by atoms with Crippen LogP contribution in [0.1, 0.15) is 64.8 Å². The van der Waals surface area contributed by atoms with Crippen LogP contribution >= 0.6 is 0 Å². The molecule has 0 saturated heterocycles. The molecule has 0 unspecified atom stereocenters. The topological polar surface area (TPSA) is 72.8 Å². The number of hydrogen-bond donors (Lipinski definition) is 1. The molecule has 1 N–H and O–H groups in total. The van der Waals surface area contributed by atoms with Gasteiger partial charge in [-0.15, -0.1) is 0 Å². The van der Waals surface area contributed by atoms with Crippen molar-refractivity contribution in [3.63, 3.8) is 0 Å². The van der Waals surface area contributed by atoms with E-state index in [-0.39, 0.29) is 16.7 Å². The van der Waals surface area contributed by atoms with Gasteiger partial charge >= 0.3 is 11.9 Å². The van der Waals surface area contributed by atoms with Gasteiger partial charge in [-0.1, -0.05) is 18.2 Å². The molecule has 0 spiro atoms. The van der Waals surface area contributed by atoms with E-state index < -0.39 is 11.9 Å². The molecule has 0 radical (unpaired) electrons. The number of rotatable bonds is 5. The predicted molar refractivity (Wildman–Crippen MR) is 111 cm³/mol. The van der Waals surface area contributed by atoms with E-state index in [0.717, 1.165) is 23.5 Å². The fourth-order valence-electron chi connectivity index (χ4n) is 6.59. The Kier molecular flexibility index (Phi) is 4.57. The highest BCUT2D eigenvalue weighted by Gasteiger charge is 2.52. The minimum atomic E-state index is -1.13. The van der Waals surface area contributed by atoms with E-state index >= 15 is 0 Å². The number of benzene rings is 2. The van der Waals surface area contributed by atoms with Crippen molar-refractivity contribution in [3.8, 4) is 11.5 Å². The molecule has 5 nitrogen and oxygen atoms in total. The number of carbonyl (C=O) groups excluding carboxylic acids is 1. The van der Waals surface area contributed by atoms with Gasteiger partial charge in [-0.25, -0.2) is 9.59 Å². The molecule has 4 fully saturated rings. The van der Waals surface area contributed by atoms with Gasteiger partial charge in [0.15, 0.2) is 0 Å². The van der Waals surface area contributed by atoms with Gasteiger partial charge in [0.25, 0.3) is 0 Å². The molecule has 4 aliphatic carbocycles. The summed E-state index contributed by atoms with van der Waals surface area (Å²) in [5.74, 6) is 1.51. The Balaban J connectivity index is 1.44. The molecule has 0 atom stereocenters. The Morgan fingerprint density at radius 3 is 2.17 bits per heavy atom. The largest absolute Gasteiger partial charge is 0.496 e. The Morgan fingerprint density at radius 1 is 0.933 bits per heavy atom. The minimum Gasteiger partial charge on any atom is -0.496 e. The summed E-state index contributed by atoms with van der Waals surface area (Å²) in [7, 11) is 1.65. The minimum absolute atomic E-state index is 0.0389. The Labute approximate surface area is 176 Å². The molecule has 6 rings (SSSR count). The van der Waals surface area contributed by atoms with Gasteiger partial charge in [-0.05, 0) is 86.0 Å². The highest BCUT2D eigenvalue weighted by Crippen LogP contribution is 2.61. The summed E-state index contributed by atoms with van der Waals surface area (Å²) in [4.78, 5) is 24.1. The lowest BCUT2D eigenvalue weighted by atomic mass is 9.48. The SMILES string of the molecule is COc1cc(C(=O)Oc2ccccc2C(=O)O)ccc1C12CC3CC(CC(C3)C1)C2. The summed E-state index contributed by atoms with van der Waals surface area (Å²) in [6, 6.07) is 11.7. The zero-order chi connectivity index (χ0) is 20.9. The maximum atomic E-state index is 12.7. The van der Waals surface area contributed by atoms with Gasteiger partial charge in [-0.3, -0.25) is 0 Å². The monoisotopic (exact) mass is 406 g/mol. The summed E-state index contributed by atoms with van der Waals surface area (Å²) in [6.07, 6.45) is 7.75. The van der Waals surface area contributed by atoms with E-state index in [9.17, 15) is 14.7 Å². The molecule has 30 heavy (non-hydrogen) atoms. The fraction of sp³-hybridized carbons (Fsp3) is 0.440. The number of ether oxygens (including phenoxy) is 2. The lowest BCUT2D eigenvalue weighted by molar-refractivity contribution is -0.00618. The number of carboxylic acid groups (broad SMARTS) is 1. The first-order valence-electron chi connectivity index (χ1n) is 10.7. The number of aromatic carboxylic acids is 1. The van der Waals surface area contributed by atoms with Gasteiger partial charge in [-0.2, -0.15) is 0 Å². The second kappa shape index (κ2) is 7.15. The second-order valence-electron chi connectivity index (χ2n) is 9.30. The molecule has 4 aliphatic rings. The van der Waals surface area contributed by atoms with E-state index in [1.807, 2.05) is 6.07 Å². The molecule has 4 bridgehead atoms. The van der Waals surface area contributed by atoms with Crippen LogP contribution < -0.4 is 9.47 Å². The van der Waals surface area contributed by atoms with Crippen molar-refractivity contribution >= 4 is 11.9 Å².